The number of thioether (sulfide) groups is 1. The number of amides is 1. The second-order valence-corrected chi connectivity index (χ2v) is 6.37. The van der Waals surface area contributed by atoms with Gasteiger partial charge >= 0.3 is 0 Å². The van der Waals surface area contributed by atoms with E-state index in [9.17, 15) is 13.6 Å². The summed E-state index contributed by atoms with van der Waals surface area (Å²) in [5.74, 6) is 4.08. The maximum Gasteiger partial charge on any atom is 0.235 e. The first kappa shape index (κ1) is 17.9. The first-order valence-electron chi connectivity index (χ1n) is 7.60. The van der Waals surface area contributed by atoms with Crippen LogP contribution in [0, 0.1) is 18.6 Å². The molecule has 6 nitrogen and oxygen atoms in total. The quantitative estimate of drug-likeness (QED) is 0.529. The van der Waals surface area contributed by atoms with E-state index in [4.69, 9.17) is 5.84 Å². The molecule has 2 aromatic carbocycles. The Hall–Kier alpha value is -2.94. The Balaban J connectivity index is 1.69. The average Bonchev–Trinajstić information content (AvgIpc) is 2.97. The van der Waals surface area contributed by atoms with Crippen molar-refractivity contribution in [3.63, 3.8) is 0 Å². The molecule has 0 spiro atoms. The molecule has 0 fully saturated rings. The molecule has 0 unspecified atom stereocenters. The molecule has 26 heavy (non-hydrogen) atoms. The molecule has 3 N–H and O–H groups in total. The molecule has 0 bridgehead atoms. The van der Waals surface area contributed by atoms with Crippen molar-refractivity contribution in [3.8, 4) is 11.4 Å². The van der Waals surface area contributed by atoms with Crippen LogP contribution in [-0.4, -0.2) is 26.5 Å². The highest BCUT2D eigenvalue weighted by Gasteiger charge is 2.16. The van der Waals surface area contributed by atoms with Crippen molar-refractivity contribution in [2.45, 2.75) is 12.1 Å². The summed E-state index contributed by atoms with van der Waals surface area (Å²) >= 11 is 1.01. The Kier molecular flexibility index (Phi) is 5.17. The predicted molar refractivity (Wildman–Crippen MR) is 96.1 cm³/mol. The number of para-hydroxylation sites is 1. The lowest BCUT2D eigenvalue weighted by atomic mass is 10.1. The van der Waals surface area contributed by atoms with E-state index in [2.05, 4.69) is 15.5 Å². The number of nitrogens with zero attached hydrogens (tertiary/aromatic N) is 3. The number of hydrogen-bond donors (Lipinski definition) is 2. The van der Waals surface area contributed by atoms with Gasteiger partial charge in [-0.05, 0) is 24.6 Å². The van der Waals surface area contributed by atoms with E-state index in [1.165, 1.54) is 10.7 Å². The van der Waals surface area contributed by atoms with E-state index in [1.54, 1.807) is 0 Å². The molecule has 0 radical (unpaired) electrons. The molecule has 0 aliphatic heterocycles. The standard InChI is InChI=1S/C17H15F2N5OS/c1-10-5-2-3-6-11(10)16-22-23-17(24(16)20)26-9-14(25)21-15-12(18)7-4-8-13(15)19/h2-8H,9,20H2,1H3,(H,21,25). The van der Waals surface area contributed by atoms with E-state index in [0.717, 1.165) is 35.0 Å². The van der Waals surface area contributed by atoms with Gasteiger partial charge in [-0.25, -0.2) is 13.5 Å². The molecule has 1 aromatic heterocycles. The average molecular weight is 375 g/mol. The number of benzene rings is 2. The van der Waals surface area contributed by atoms with Crippen molar-refractivity contribution in [1.29, 1.82) is 0 Å². The Morgan fingerprint density at radius 1 is 1.15 bits per heavy atom. The van der Waals surface area contributed by atoms with E-state index < -0.39 is 23.2 Å². The molecule has 1 amide bonds. The number of halogens is 2. The van der Waals surface area contributed by atoms with Gasteiger partial charge < -0.3 is 11.2 Å². The van der Waals surface area contributed by atoms with Crippen LogP contribution in [0.1, 0.15) is 5.56 Å². The summed E-state index contributed by atoms with van der Waals surface area (Å²) in [6, 6.07) is 10.9. The number of aromatic nitrogens is 3. The third-order valence-corrected chi connectivity index (χ3v) is 4.55. The number of nitrogen functional groups attached to an aromatic ring is 1. The Labute approximate surface area is 152 Å². The van der Waals surface area contributed by atoms with Crippen molar-refractivity contribution in [2.75, 3.05) is 16.9 Å². The largest absolute Gasteiger partial charge is 0.335 e. The normalized spacial score (nSPS) is 10.7. The summed E-state index contributed by atoms with van der Waals surface area (Å²) in [5, 5.41) is 10.5. The van der Waals surface area contributed by atoms with E-state index in [1.807, 2.05) is 31.2 Å². The zero-order chi connectivity index (χ0) is 18.7. The molecule has 1 heterocycles. The Morgan fingerprint density at radius 2 is 1.85 bits per heavy atom. The minimum atomic E-state index is -0.841. The minimum Gasteiger partial charge on any atom is -0.335 e. The van der Waals surface area contributed by atoms with Gasteiger partial charge in [0.05, 0.1) is 5.75 Å². The van der Waals surface area contributed by atoms with Crippen LogP contribution in [0.3, 0.4) is 0 Å². The zero-order valence-electron chi connectivity index (χ0n) is 13.7. The number of nitrogens with two attached hydrogens (primary N) is 1. The van der Waals surface area contributed by atoms with Crippen LogP contribution in [-0.2, 0) is 4.79 Å². The summed E-state index contributed by atoms with van der Waals surface area (Å²) in [5.41, 5.74) is 1.33. The molecule has 3 rings (SSSR count). The topological polar surface area (TPSA) is 85.8 Å². The van der Waals surface area contributed by atoms with Crippen LogP contribution in [0.25, 0.3) is 11.4 Å². The highest BCUT2D eigenvalue weighted by atomic mass is 32.2. The fraction of sp³-hybridized carbons (Fsp3) is 0.118. The fourth-order valence-corrected chi connectivity index (χ4v) is 2.96. The van der Waals surface area contributed by atoms with Crippen molar-refractivity contribution in [2.24, 2.45) is 0 Å². The molecule has 0 aliphatic carbocycles. The van der Waals surface area contributed by atoms with Crippen molar-refractivity contribution >= 4 is 23.4 Å². The van der Waals surface area contributed by atoms with Gasteiger partial charge in [-0.1, -0.05) is 42.1 Å². The number of anilines is 1. The second-order valence-electron chi connectivity index (χ2n) is 5.42. The fourth-order valence-electron chi connectivity index (χ4n) is 2.31. The van der Waals surface area contributed by atoms with Gasteiger partial charge in [0, 0.05) is 5.56 Å². The molecular formula is C17H15F2N5OS. The molecule has 0 atom stereocenters. The van der Waals surface area contributed by atoms with Gasteiger partial charge in [0.1, 0.15) is 17.3 Å². The van der Waals surface area contributed by atoms with Crippen LogP contribution in [0.2, 0.25) is 0 Å². The van der Waals surface area contributed by atoms with E-state index in [-0.39, 0.29) is 5.75 Å². The van der Waals surface area contributed by atoms with Gasteiger partial charge in [-0.2, -0.15) is 0 Å². The van der Waals surface area contributed by atoms with E-state index in [0.29, 0.717) is 11.0 Å². The van der Waals surface area contributed by atoms with Crippen LogP contribution in [0.15, 0.2) is 47.6 Å². The van der Waals surface area contributed by atoms with Crippen molar-refractivity contribution < 1.29 is 13.6 Å². The van der Waals surface area contributed by atoms with Crippen LogP contribution >= 0.6 is 11.8 Å². The summed E-state index contributed by atoms with van der Waals surface area (Å²) in [7, 11) is 0. The van der Waals surface area contributed by atoms with Gasteiger partial charge in [0.25, 0.3) is 0 Å². The van der Waals surface area contributed by atoms with Gasteiger partial charge in [0.2, 0.25) is 11.1 Å². The van der Waals surface area contributed by atoms with E-state index >= 15 is 0 Å². The Bertz CT molecular complexity index is 940. The van der Waals surface area contributed by atoms with Gasteiger partial charge in [-0.3, -0.25) is 4.79 Å². The summed E-state index contributed by atoms with van der Waals surface area (Å²) < 4.78 is 28.4. The smallest absolute Gasteiger partial charge is 0.235 e. The SMILES string of the molecule is Cc1ccccc1-c1nnc(SCC(=O)Nc2c(F)cccc2F)n1N. The highest BCUT2D eigenvalue weighted by molar-refractivity contribution is 7.99. The Morgan fingerprint density at radius 3 is 2.54 bits per heavy atom. The third-order valence-electron chi connectivity index (χ3n) is 3.61. The van der Waals surface area contributed by atoms with Gasteiger partial charge in [0.15, 0.2) is 5.82 Å². The summed E-state index contributed by atoms with van der Waals surface area (Å²) in [4.78, 5) is 12.0. The zero-order valence-corrected chi connectivity index (χ0v) is 14.6. The third kappa shape index (κ3) is 3.67. The molecule has 9 heteroatoms. The van der Waals surface area contributed by atoms with Crippen LogP contribution < -0.4 is 11.2 Å². The lowest BCUT2D eigenvalue weighted by Crippen LogP contribution is -2.18. The molecule has 0 saturated heterocycles. The molecular weight excluding hydrogens is 360 g/mol. The predicted octanol–water partition coefficient (Wildman–Crippen LogP) is 2.98. The first-order chi connectivity index (χ1) is 12.5. The molecule has 0 aliphatic rings. The second kappa shape index (κ2) is 7.52. The van der Waals surface area contributed by atoms with Crippen LogP contribution in [0.4, 0.5) is 14.5 Å². The lowest BCUT2D eigenvalue weighted by Gasteiger charge is -2.08. The number of nitrogens with one attached hydrogen (secondary N) is 1. The minimum absolute atomic E-state index is 0.128. The van der Waals surface area contributed by atoms with Crippen LogP contribution in [0.5, 0.6) is 0 Å². The number of hydrogen-bond acceptors (Lipinski definition) is 5. The number of carbonyl (C=O) groups excluding carboxylic acids is 1. The first-order valence-corrected chi connectivity index (χ1v) is 8.59. The molecule has 3 aromatic rings. The maximum atomic E-state index is 13.6. The number of aryl methyl sites for hydroxylation is 1. The molecule has 0 saturated carbocycles. The lowest BCUT2D eigenvalue weighted by molar-refractivity contribution is -0.113. The monoisotopic (exact) mass is 375 g/mol. The number of carbonyl (C=O) groups is 1. The molecule has 134 valence electrons. The van der Waals surface area contributed by atoms with Gasteiger partial charge in [-0.15, -0.1) is 10.2 Å². The van der Waals surface area contributed by atoms with Crippen molar-refractivity contribution in [1.82, 2.24) is 14.9 Å². The summed E-state index contributed by atoms with van der Waals surface area (Å²) in [6.45, 7) is 1.92. The summed E-state index contributed by atoms with van der Waals surface area (Å²) in [6.07, 6.45) is 0. The number of rotatable bonds is 5. The maximum absolute atomic E-state index is 13.6. The highest BCUT2D eigenvalue weighted by Crippen LogP contribution is 2.24. The van der Waals surface area contributed by atoms with Crippen molar-refractivity contribution in [3.05, 3.63) is 59.7 Å².